The average Bonchev–Trinajstić information content (AvgIpc) is 3.30. The summed E-state index contributed by atoms with van der Waals surface area (Å²) in [4.78, 5) is 35.0. The first-order valence-electron chi connectivity index (χ1n) is 10.2. The highest BCUT2D eigenvalue weighted by Gasteiger charge is 2.33. The van der Waals surface area contributed by atoms with Crippen LogP contribution in [0.3, 0.4) is 0 Å². The fraction of sp³-hybridized carbons (Fsp3) is 0.238. The van der Waals surface area contributed by atoms with Gasteiger partial charge in [0, 0.05) is 12.4 Å². The molecular weight excluding hydrogens is 413 g/mol. The fourth-order valence-electron chi connectivity index (χ4n) is 3.75. The van der Waals surface area contributed by atoms with Gasteiger partial charge < -0.3 is 5.32 Å². The molecule has 0 saturated carbocycles. The molecule has 5 rings (SSSR count). The van der Waals surface area contributed by atoms with Crippen LogP contribution in [0.2, 0.25) is 0 Å². The van der Waals surface area contributed by atoms with E-state index in [1.165, 1.54) is 23.1 Å². The molecule has 32 heavy (non-hydrogen) atoms. The van der Waals surface area contributed by atoms with Crippen LogP contribution in [0.25, 0.3) is 10.9 Å². The Labute approximate surface area is 182 Å². The molecule has 10 nitrogen and oxygen atoms in total. The van der Waals surface area contributed by atoms with Crippen LogP contribution in [0, 0.1) is 5.82 Å². The molecule has 162 valence electrons. The third-order valence-electron chi connectivity index (χ3n) is 5.34. The zero-order valence-electron chi connectivity index (χ0n) is 17.1. The summed E-state index contributed by atoms with van der Waals surface area (Å²) in [6, 6.07) is 7.16. The van der Waals surface area contributed by atoms with Gasteiger partial charge in [-0.2, -0.15) is 0 Å². The molecule has 0 saturated heterocycles. The number of benzene rings is 1. The summed E-state index contributed by atoms with van der Waals surface area (Å²) in [7, 11) is 0. The molecule has 0 fully saturated rings. The molecule has 3 aromatic rings. The average molecular weight is 433 g/mol. The van der Waals surface area contributed by atoms with Crippen LogP contribution in [-0.4, -0.2) is 45.4 Å². The highest BCUT2D eigenvalue weighted by molar-refractivity contribution is 6.04. The molecule has 11 heteroatoms. The van der Waals surface area contributed by atoms with Crippen LogP contribution in [0.15, 0.2) is 62.5 Å². The van der Waals surface area contributed by atoms with Crippen LogP contribution >= 0.6 is 0 Å². The molecule has 0 aliphatic carbocycles. The lowest BCUT2D eigenvalue weighted by Gasteiger charge is -2.29. The van der Waals surface area contributed by atoms with Gasteiger partial charge in [-0.3, -0.25) is 30.5 Å². The lowest BCUT2D eigenvalue weighted by molar-refractivity contribution is 0.395. The molecule has 3 unspecified atom stereocenters. The number of hydrogen-bond acceptors (Lipinski definition) is 9. The predicted molar refractivity (Wildman–Crippen MR) is 121 cm³/mol. The normalized spacial score (nSPS) is 20.0. The van der Waals surface area contributed by atoms with Gasteiger partial charge in [0.25, 0.3) is 5.56 Å². The maximum absolute atomic E-state index is 14.5. The number of nitrogens with one attached hydrogen (secondary N) is 3. The topological polar surface area (TPSA) is 121 Å². The maximum atomic E-state index is 14.5. The van der Waals surface area contributed by atoms with E-state index in [0.717, 1.165) is 0 Å². The van der Waals surface area contributed by atoms with Gasteiger partial charge in [0.15, 0.2) is 0 Å². The van der Waals surface area contributed by atoms with Gasteiger partial charge in [-0.1, -0.05) is 13.0 Å². The summed E-state index contributed by atoms with van der Waals surface area (Å²) < 4.78 is 15.8. The second-order valence-electron chi connectivity index (χ2n) is 7.31. The third-order valence-corrected chi connectivity index (χ3v) is 5.34. The predicted octanol–water partition coefficient (Wildman–Crippen LogP) is 1.61. The maximum Gasteiger partial charge on any atom is 0.283 e. The molecule has 2 aliphatic heterocycles. The summed E-state index contributed by atoms with van der Waals surface area (Å²) in [6.07, 6.45) is 6.46. The number of rotatable bonds is 6. The molecule has 3 N–H and O–H groups in total. The first-order valence-corrected chi connectivity index (χ1v) is 10.2. The second kappa shape index (κ2) is 8.27. The van der Waals surface area contributed by atoms with Crippen molar-refractivity contribution in [1.82, 2.24) is 25.3 Å². The molecule has 1 aromatic carbocycles. The summed E-state index contributed by atoms with van der Waals surface area (Å²) >= 11 is 0. The summed E-state index contributed by atoms with van der Waals surface area (Å²) in [5, 5.41) is 6.33. The Kier molecular flexibility index (Phi) is 5.15. The van der Waals surface area contributed by atoms with Crippen molar-refractivity contribution in [2.24, 2.45) is 15.0 Å². The molecule has 0 spiro atoms. The largest absolute Gasteiger partial charge is 0.333 e. The van der Waals surface area contributed by atoms with E-state index < -0.39 is 17.5 Å². The SMILES string of the molecule is CCC(NC1N=CNC2=NC=NC21)c1nc2cccc(F)c2c(=O)n1Nc1ccncc1. The van der Waals surface area contributed by atoms with Crippen molar-refractivity contribution >= 4 is 35.1 Å². The zero-order valence-corrected chi connectivity index (χ0v) is 17.1. The Bertz CT molecular complexity index is 1300. The van der Waals surface area contributed by atoms with Gasteiger partial charge in [0.05, 0.1) is 23.6 Å². The Morgan fingerprint density at radius 3 is 2.88 bits per heavy atom. The molecule has 0 amide bonds. The van der Waals surface area contributed by atoms with Gasteiger partial charge in [-0.25, -0.2) is 19.0 Å². The highest BCUT2D eigenvalue weighted by atomic mass is 19.1. The number of aromatic nitrogens is 3. The van der Waals surface area contributed by atoms with E-state index in [-0.39, 0.29) is 23.0 Å². The van der Waals surface area contributed by atoms with Gasteiger partial charge in [-0.05, 0) is 30.7 Å². The number of hydrogen-bond donors (Lipinski definition) is 3. The minimum atomic E-state index is -0.623. The lowest BCUT2D eigenvalue weighted by atomic mass is 10.1. The number of pyridine rings is 1. The summed E-state index contributed by atoms with van der Waals surface area (Å²) in [5.74, 6) is 0.483. The van der Waals surface area contributed by atoms with Gasteiger partial charge >= 0.3 is 0 Å². The Morgan fingerprint density at radius 2 is 2.06 bits per heavy atom. The molecule has 2 aromatic heterocycles. The van der Waals surface area contributed by atoms with Gasteiger partial charge in [-0.15, -0.1) is 0 Å². The lowest BCUT2D eigenvalue weighted by Crippen LogP contribution is -2.51. The van der Waals surface area contributed by atoms with Crippen molar-refractivity contribution in [3.63, 3.8) is 0 Å². The zero-order chi connectivity index (χ0) is 22.1. The Balaban J connectivity index is 1.60. The first kappa shape index (κ1) is 19.9. The van der Waals surface area contributed by atoms with E-state index in [1.54, 1.807) is 36.9 Å². The highest BCUT2D eigenvalue weighted by Crippen LogP contribution is 2.22. The van der Waals surface area contributed by atoms with Crippen LogP contribution in [0.5, 0.6) is 0 Å². The van der Waals surface area contributed by atoms with E-state index in [9.17, 15) is 9.18 Å². The summed E-state index contributed by atoms with van der Waals surface area (Å²) in [5.41, 5.74) is 3.42. The number of fused-ring (bicyclic) bond motifs is 2. The summed E-state index contributed by atoms with van der Waals surface area (Å²) in [6.45, 7) is 1.97. The van der Waals surface area contributed by atoms with Crippen LogP contribution in [0.1, 0.15) is 25.2 Å². The fourth-order valence-corrected chi connectivity index (χ4v) is 3.75. The Morgan fingerprint density at radius 1 is 1.22 bits per heavy atom. The van der Waals surface area contributed by atoms with E-state index in [2.05, 4.69) is 41.0 Å². The molecule has 0 bridgehead atoms. The standard InChI is InChI=1S/C21H20FN9O/c1-2-14(28-19-17-18(25-10-24-17)26-11-27-19)20-29-15-5-3-4-13(22)16(15)21(32)31(20)30-12-6-8-23-9-7-12/h3-11,14,17,19,28H,2H2,1H3,(H,23,30)(H,24,25,26,27). The van der Waals surface area contributed by atoms with Crippen molar-refractivity contribution < 1.29 is 4.39 Å². The molecule has 0 radical (unpaired) electrons. The van der Waals surface area contributed by atoms with Crippen molar-refractivity contribution in [1.29, 1.82) is 0 Å². The van der Waals surface area contributed by atoms with E-state index in [1.807, 2.05) is 6.92 Å². The van der Waals surface area contributed by atoms with Crippen LogP contribution < -0.4 is 21.6 Å². The Hall–Kier alpha value is -3.99. The third kappa shape index (κ3) is 3.52. The van der Waals surface area contributed by atoms with Gasteiger partial charge in [0.1, 0.15) is 41.4 Å². The van der Waals surface area contributed by atoms with Crippen LogP contribution in [0.4, 0.5) is 10.1 Å². The van der Waals surface area contributed by atoms with Crippen LogP contribution in [-0.2, 0) is 0 Å². The number of nitrogens with zero attached hydrogens (tertiary/aromatic N) is 6. The smallest absolute Gasteiger partial charge is 0.283 e. The number of amidine groups is 1. The van der Waals surface area contributed by atoms with Crippen molar-refractivity contribution in [3.8, 4) is 0 Å². The van der Waals surface area contributed by atoms with Crippen molar-refractivity contribution in [3.05, 3.63) is 64.7 Å². The minimum absolute atomic E-state index is 0.0811. The number of halogens is 1. The van der Waals surface area contributed by atoms with Crippen molar-refractivity contribution in [2.75, 3.05) is 5.43 Å². The first-order chi connectivity index (χ1) is 15.7. The minimum Gasteiger partial charge on any atom is -0.333 e. The molecular formula is C21H20FN9O. The van der Waals surface area contributed by atoms with Crippen molar-refractivity contribution in [2.45, 2.75) is 31.6 Å². The quantitative estimate of drug-likeness (QED) is 0.543. The second-order valence-corrected chi connectivity index (χ2v) is 7.31. The molecule has 4 heterocycles. The molecule has 2 aliphatic rings. The van der Waals surface area contributed by atoms with E-state index in [4.69, 9.17) is 0 Å². The molecule has 3 atom stereocenters. The monoisotopic (exact) mass is 433 g/mol. The van der Waals surface area contributed by atoms with Gasteiger partial charge in [0.2, 0.25) is 0 Å². The number of aliphatic imine (C=N–C) groups is 3. The number of anilines is 1. The van der Waals surface area contributed by atoms with E-state index in [0.29, 0.717) is 23.8 Å². The van der Waals surface area contributed by atoms with E-state index >= 15 is 0 Å².